The molecule has 1 aromatic carbocycles. The van der Waals surface area contributed by atoms with E-state index in [2.05, 4.69) is 52.2 Å². The Morgan fingerprint density at radius 2 is 2.00 bits per heavy atom. The molecule has 1 amide bonds. The van der Waals surface area contributed by atoms with Gasteiger partial charge in [-0.2, -0.15) is 5.10 Å². The molecule has 0 saturated carbocycles. The standard InChI is InChI=1S/C14H17BrN4O/c1-14(2,3)11-7-12(19-18-11)17-13(20)8-4-9(15)6-10(16)5-8/h4-7H,16H2,1-3H3,(H2,17,18,19,20). The van der Waals surface area contributed by atoms with Gasteiger partial charge in [-0.1, -0.05) is 36.7 Å². The molecule has 0 atom stereocenters. The Morgan fingerprint density at radius 3 is 2.55 bits per heavy atom. The summed E-state index contributed by atoms with van der Waals surface area (Å²) < 4.78 is 0.764. The molecule has 4 N–H and O–H groups in total. The van der Waals surface area contributed by atoms with Crippen molar-refractivity contribution in [1.29, 1.82) is 0 Å². The highest BCUT2D eigenvalue weighted by atomic mass is 79.9. The molecule has 5 nitrogen and oxygen atoms in total. The van der Waals surface area contributed by atoms with Gasteiger partial charge in [-0.05, 0) is 18.2 Å². The molecule has 0 saturated heterocycles. The number of nitrogens with one attached hydrogen (secondary N) is 2. The Hall–Kier alpha value is -1.82. The molecule has 0 bridgehead atoms. The summed E-state index contributed by atoms with van der Waals surface area (Å²) in [5, 5.41) is 9.77. The third-order valence-electron chi connectivity index (χ3n) is 2.81. The molecule has 0 aliphatic carbocycles. The molecule has 20 heavy (non-hydrogen) atoms. The highest BCUT2D eigenvalue weighted by molar-refractivity contribution is 9.10. The van der Waals surface area contributed by atoms with Gasteiger partial charge in [-0.15, -0.1) is 0 Å². The Balaban J connectivity index is 2.17. The quantitative estimate of drug-likeness (QED) is 0.735. The smallest absolute Gasteiger partial charge is 0.256 e. The van der Waals surface area contributed by atoms with Crippen LogP contribution in [-0.2, 0) is 5.41 Å². The van der Waals surface area contributed by atoms with E-state index in [0.717, 1.165) is 10.2 Å². The predicted molar refractivity (Wildman–Crippen MR) is 83.8 cm³/mol. The molecule has 0 spiro atoms. The second kappa shape index (κ2) is 5.28. The molecule has 0 unspecified atom stereocenters. The number of nitrogen functional groups attached to an aromatic ring is 1. The summed E-state index contributed by atoms with van der Waals surface area (Å²) in [7, 11) is 0. The summed E-state index contributed by atoms with van der Waals surface area (Å²) in [5.41, 5.74) is 7.65. The van der Waals surface area contributed by atoms with Gasteiger partial charge in [0, 0.05) is 32.9 Å². The minimum atomic E-state index is -0.245. The number of aromatic amines is 1. The number of H-pyrrole nitrogens is 1. The first-order valence-corrected chi connectivity index (χ1v) is 6.98. The molecule has 0 aliphatic rings. The van der Waals surface area contributed by atoms with Crippen LogP contribution in [0.25, 0.3) is 0 Å². The number of amides is 1. The van der Waals surface area contributed by atoms with E-state index in [1.807, 2.05) is 6.07 Å². The fourth-order valence-electron chi connectivity index (χ4n) is 1.70. The highest BCUT2D eigenvalue weighted by Crippen LogP contribution is 2.23. The minimum absolute atomic E-state index is 0.0455. The zero-order valence-corrected chi connectivity index (χ0v) is 13.2. The van der Waals surface area contributed by atoms with Crippen molar-refractivity contribution in [3.8, 4) is 0 Å². The molecule has 2 rings (SSSR count). The number of halogens is 1. The fourth-order valence-corrected chi connectivity index (χ4v) is 2.21. The largest absolute Gasteiger partial charge is 0.399 e. The number of nitrogens with two attached hydrogens (primary N) is 1. The van der Waals surface area contributed by atoms with Crippen molar-refractivity contribution in [2.24, 2.45) is 0 Å². The minimum Gasteiger partial charge on any atom is -0.399 e. The van der Waals surface area contributed by atoms with E-state index in [9.17, 15) is 4.79 Å². The number of nitrogens with zero attached hydrogens (tertiary/aromatic N) is 1. The zero-order valence-electron chi connectivity index (χ0n) is 11.6. The summed E-state index contributed by atoms with van der Waals surface area (Å²) in [6.45, 7) is 6.21. The van der Waals surface area contributed by atoms with E-state index in [0.29, 0.717) is 17.1 Å². The SMILES string of the molecule is CC(C)(C)c1cc(NC(=O)c2cc(N)cc(Br)c2)n[nH]1. The van der Waals surface area contributed by atoms with Crippen LogP contribution in [0.2, 0.25) is 0 Å². The summed E-state index contributed by atoms with van der Waals surface area (Å²) in [4.78, 5) is 12.1. The molecule has 0 fully saturated rings. The van der Waals surface area contributed by atoms with Crippen molar-refractivity contribution in [2.45, 2.75) is 26.2 Å². The van der Waals surface area contributed by atoms with Crippen LogP contribution < -0.4 is 11.1 Å². The second-order valence-electron chi connectivity index (χ2n) is 5.64. The average molecular weight is 337 g/mol. The van der Waals surface area contributed by atoms with Crippen molar-refractivity contribution >= 4 is 33.3 Å². The molecule has 106 valence electrons. The number of carbonyl (C=O) groups excluding carboxylic acids is 1. The fraction of sp³-hybridized carbons (Fsp3) is 0.286. The van der Waals surface area contributed by atoms with Crippen molar-refractivity contribution < 1.29 is 4.79 Å². The molecule has 1 heterocycles. The number of aromatic nitrogens is 2. The van der Waals surface area contributed by atoms with E-state index in [1.165, 1.54) is 0 Å². The molecule has 2 aromatic rings. The predicted octanol–water partition coefficient (Wildman–Crippen LogP) is 3.30. The van der Waals surface area contributed by atoms with Gasteiger partial charge in [0.1, 0.15) is 0 Å². The first-order valence-electron chi connectivity index (χ1n) is 6.19. The lowest BCUT2D eigenvalue weighted by molar-refractivity contribution is 0.102. The third kappa shape index (κ3) is 3.39. The van der Waals surface area contributed by atoms with Gasteiger partial charge >= 0.3 is 0 Å². The Morgan fingerprint density at radius 1 is 1.30 bits per heavy atom. The average Bonchev–Trinajstić information content (AvgIpc) is 2.75. The Kier molecular flexibility index (Phi) is 3.85. The number of anilines is 2. The number of rotatable bonds is 2. The first-order chi connectivity index (χ1) is 9.25. The Labute approximate surface area is 126 Å². The van der Waals surface area contributed by atoms with Gasteiger partial charge in [-0.25, -0.2) is 0 Å². The van der Waals surface area contributed by atoms with Crippen molar-refractivity contribution in [2.75, 3.05) is 11.1 Å². The number of hydrogen-bond acceptors (Lipinski definition) is 3. The molecule has 6 heteroatoms. The van der Waals surface area contributed by atoms with E-state index in [-0.39, 0.29) is 11.3 Å². The van der Waals surface area contributed by atoms with Crippen LogP contribution in [0.1, 0.15) is 36.8 Å². The maximum Gasteiger partial charge on any atom is 0.256 e. The number of benzene rings is 1. The van der Waals surface area contributed by atoms with Gasteiger partial charge in [0.05, 0.1) is 0 Å². The van der Waals surface area contributed by atoms with Crippen LogP contribution in [0.5, 0.6) is 0 Å². The summed E-state index contributed by atoms with van der Waals surface area (Å²) in [6.07, 6.45) is 0. The normalized spacial score (nSPS) is 11.4. The van der Waals surface area contributed by atoms with Crippen LogP contribution >= 0.6 is 15.9 Å². The van der Waals surface area contributed by atoms with Gasteiger partial charge in [0.15, 0.2) is 5.82 Å². The monoisotopic (exact) mass is 336 g/mol. The van der Waals surface area contributed by atoms with Crippen molar-refractivity contribution in [3.63, 3.8) is 0 Å². The van der Waals surface area contributed by atoms with Crippen LogP contribution in [0.15, 0.2) is 28.7 Å². The van der Waals surface area contributed by atoms with Crippen LogP contribution in [0.4, 0.5) is 11.5 Å². The third-order valence-corrected chi connectivity index (χ3v) is 3.27. The molecule has 1 aromatic heterocycles. The summed E-state index contributed by atoms with van der Waals surface area (Å²) >= 11 is 3.32. The van der Waals surface area contributed by atoms with Crippen molar-refractivity contribution in [3.05, 3.63) is 40.0 Å². The highest BCUT2D eigenvalue weighted by Gasteiger charge is 2.17. The van der Waals surface area contributed by atoms with Gasteiger partial charge in [0.25, 0.3) is 5.91 Å². The maximum atomic E-state index is 12.1. The molecule has 0 aliphatic heterocycles. The van der Waals surface area contributed by atoms with E-state index < -0.39 is 0 Å². The number of carbonyl (C=O) groups is 1. The first kappa shape index (κ1) is 14.6. The maximum absolute atomic E-state index is 12.1. The zero-order chi connectivity index (χ0) is 14.9. The van der Waals surface area contributed by atoms with Crippen LogP contribution in [0.3, 0.4) is 0 Å². The van der Waals surface area contributed by atoms with Crippen molar-refractivity contribution in [1.82, 2.24) is 10.2 Å². The number of hydrogen-bond donors (Lipinski definition) is 3. The lowest BCUT2D eigenvalue weighted by Crippen LogP contribution is -2.13. The summed E-state index contributed by atoms with van der Waals surface area (Å²) in [6, 6.07) is 6.91. The van der Waals surface area contributed by atoms with E-state index >= 15 is 0 Å². The topological polar surface area (TPSA) is 83.8 Å². The van der Waals surface area contributed by atoms with Gasteiger partial charge in [0.2, 0.25) is 0 Å². The summed E-state index contributed by atoms with van der Waals surface area (Å²) in [5.74, 6) is 0.253. The van der Waals surface area contributed by atoms with E-state index in [1.54, 1.807) is 18.2 Å². The van der Waals surface area contributed by atoms with E-state index in [4.69, 9.17) is 5.73 Å². The molecule has 0 radical (unpaired) electrons. The van der Waals surface area contributed by atoms with Gasteiger partial charge in [-0.3, -0.25) is 9.89 Å². The lowest BCUT2D eigenvalue weighted by atomic mass is 9.92. The molecular formula is C14H17BrN4O. The van der Waals surface area contributed by atoms with Crippen LogP contribution in [0, 0.1) is 0 Å². The van der Waals surface area contributed by atoms with Gasteiger partial charge < -0.3 is 11.1 Å². The van der Waals surface area contributed by atoms with Crippen LogP contribution in [-0.4, -0.2) is 16.1 Å². The Bertz CT molecular complexity index is 623. The lowest BCUT2D eigenvalue weighted by Gasteiger charge is -2.14. The molecular weight excluding hydrogens is 320 g/mol. The second-order valence-corrected chi connectivity index (χ2v) is 6.56.